The van der Waals surface area contributed by atoms with E-state index in [-0.39, 0.29) is 11.5 Å². The zero-order chi connectivity index (χ0) is 17.3. The van der Waals surface area contributed by atoms with E-state index in [4.69, 9.17) is 21.1 Å². The number of rotatable bonds is 3. The Hall–Kier alpha value is -2.59. The molecule has 1 heterocycles. The molecule has 3 rings (SSSR count). The lowest BCUT2D eigenvalue weighted by molar-refractivity contribution is -0.133. The van der Waals surface area contributed by atoms with E-state index in [1.54, 1.807) is 19.1 Å². The van der Waals surface area contributed by atoms with Crippen LogP contribution in [0.1, 0.15) is 28.4 Å². The first-order valence-electron chi connectivity index (χ1n) is 7.45. The Kier molecular flexibility index (Phi) is 4.40. The Morgan fingerprint density at radius 2 is 1.96 bits per heavy atom. The van der Waals surface area contributed by atoms with Crippen molar-refractivity contribution in [3.8, 4) is 11.5 Å². The summed E-state index contributed by atoms with van der Waals surface area (Å²) in [7, 11) is 0. The molecule has 0 amide bonds. The van der Waals surface area contributed by atoms with Crippen molar-refractivity contribution in [2.45, 2.75) is 19.2 Å². The van der Waals surface area contributed by atoms with Gasteiger partial charge in [0, 0.05) is 6.07 Å². The summed E-state index contributed by atoms with van der Waals surface area (Å²) in [5.74, 6) is 0.188. The molecule has 0 bridgehead atoms. The minimum Gasteiger partial charge on any atom is -0.452 e. The normalized spacial score (nSPS) is 15.8. The topological polar surface area (TPSA) is 52.6 Å². The van der Waals surface area contributed by atoms with Crippen LogP contribution < -0.4 is 9.47 Å². The van der Waals surface area contributed by atoms with Crippen LogP contribution in [0.2, 0.25) is 0 Å². The standard InChI is InChI=1S/C19H15ClO4/c1-11-8-14(23-19(22)12(2)20)10-15-17(11)18(21)16(24-15)9-13-6-4-3-5-7-13/h3-10,12H,1-2H3/b16-9-. The molecule has 2 aromatic carbocycles. The van der Waals surface area contributed by atoms with Gasteiger partial charge in [-0.1, -0.05) is 30.3 Å². The third-order valence-electron chi connectivity index (χ3n) is 3.58. The van der Waals surface area contributed by atoms with E-state index in [9.17, 15) is 9.59 Å². The first kappa shape index (κ1) is 16.3. The third kappa shape index (κ3) is 3.19. The number of hydrogen-bond acceptors (Lipinski definition) is 4. The molecule has 0 N–H and O–H groups in total. The molecule has 0 fully saturated rings. The second kappa shape index (κ2) is 6.49. The lowest BCUT2D eigenvalue weighted by Gasteiger charge is -2.08. The van der Waals surface area contributed by atoms with Gasteiger partial charge in [-0.25, -0.2) is 0 Å². The zero-order valence-electron chi connectivity index (χ0n) is 13.2. The molecular formula is C19H15ClO4. The lowest BCUT2D eigenvalue weighted by atomic mass is 10.0. The largest absolute Gasteiger partial charge is 0.452 e. The smallest absolute Gasteiger partial charge is 0.329 e. The maximum Gasteiger partial charge on any atom is 0.329 e. The number of ketones is 1. The number of esters is 1. The zero-order valence-corrected chi connectivity index (χ0v) is 14.0. The van der Waals surface area contributed by atoms with Gasteiger partial charge in [0.25, 0.3) is 0 Å². The number of benzene rings is 2. The van der Waals surface area contributed by atoms with Crippen LogP contribution in [0.15, 0.2) is 48.2 Å². The van der Waals surface area contributed by atoms with Gasteiger partial charge >= 0.3 is 5.97 Å². The van der Waals surface area contributed by atoms with Gasteiger partial charge in [0.1, 0.15) is 16.9 Å². The summed E-state index contributed by atoms with van der Waals surface area (Å²) >= 11 is 5.70. The first-order chi connectivity index (χ1) is 11.5. The molecule has 0 radical (unpaired) electrons. The second-order valence-electron chi connectivity index (χ2n) is 5.50. The van der Waals surface area contributed by atoms with Gasteiger partial charge in [0.15, 0.2) is 5.76 Å². The van der Waals surface area contributed by atoms with Crippen molar-refractivity contribution >= 4 is 29.4 Å². The number of alkyl halides is 1. The highest BCUT2D eigenvalue weighted by Crippen LogP contribution is 2.37. The maximum atomic E-state index is 12.5. The van der Waals surface area contributed by atoms with Crippen LogP contribution in [0.25, 0.3) is 6.08 Å². The summed E-state index contributed by atoms with van der Waals surface area (Å²) in [5, 5.41) is -0.755. The summed E-state index contributed by atoms with van der Waals surface area (Å²) in [6.07, 6.45) is 1.69. The number of hydrogen-bond donors (Lipinski definition) is 0. The minimum absolute atomic E-state index is 0.185. The van der Waals surface area contributed by atoms with Gasteiger partial charge in [-0.2, -0.15) is 0 Å². The summed E-state index contributed by atoms with van der Waals surface area (Å²) in [5.41, 5.74) is 2.03. The third-order valence-corrected chi connectivity index (χ3v) is 3.76. The minimum atomic E-state index is -0.755. The molecule has 5 heteroatoms. The molecule has 1 atom stereocenters. The van der Waals surface area contributed by atoms with E-state index in [1.807, 2.05) is 30.3 Å². The second-order valence-corrected chi connectivity index (χ2v) is 6.16. The maximum absolute atomic E-state index is 12.5. The SMILES string of the molecule is Cc1cc(OC(=O)C(C)Cl)cc2c1C(=O)/C(=C/c1ccccc1)O2. The molecule has 0 aliphatic carbocycles. The van der Waals surface area contributed by atoms with Crippen LogP contribution in [-0.2, 0) is 4.79 Å². The van der Waals surface area contributed by atoms with Crippen LogP contribution in [0, 0.1) is 6.92 Å². The summed E-state index contributed by atoms with van der Waals surface area (Å²) < 4.78 is 10.9. The molecule has 0 aromatic heterocycles. The molecule has 1 aliphatic rings. The molecule has 0 spiro atoms. The van der Waals surface area contributed by atoms with Crippen LogP contribution >= 0.6 is 11.6 Å². The molecule has 2 aromatic rings. The Bertz CT molecular complexity index is 838. The average molecular weight is 343 g/mol. The van der Waals surface area contributed by atoms with Crippen LogP contribution in [0.4, 0.5) is 0 Å². The van der Waals surface area contributed by atoms with Crippen molar-refractivity contribution in [1.82, 2.24) is 0 Å². The van der Waals surface area contributed by atoms with Crippen molar-refractivity contribution in [3.05, 3.63) is 64.9 Å². The number of ether oxygens (including phenoxy) is 2. The van der Waals surface area contributed by atoms with E-state index in [0.717, 1.165) is 5.56 Å². The number of carbonyl (C=O) groups excluding carboxylic acids is 2. The molecule has 1 unspecified atom stereocenters. The monoisotopic (exact) mass is 342 g/mol. The number of allylic oxidation sites excluding steroid dienone is 1. The fourth-order valence-electron chi connectivity index (χ4n) is 2.43. The highest BCUT2D eigenvalue weighted by atomic mass is 35.5. The molecule has 0 saturated heterocycles. The van der Waals surface area contributed by atoms with Crippen LogP contribution in [0.3, 0.4) is 0 Å². The van der Waals surface area contributed by atoms with Crippen molar-refractivity contribution in [2.75, 3.05) is 0 Å². The van der Waals surface area contributed by atoms with Crippen molar-refractivity contribution < 1.29 is 19.1 Å². The molecule has 4 nitrogen and oxygen atoms in total. The summed E-state index contributed by atoms with van der Waals surface area (Å²) in [6, 6.07) is 12.6. The highest BCUT2D eigenvalue weighted by molar-refractivity contribution is 6.29. The molecule has 1 aliphatic heterocycles. The molecule has 0 saturated carbocycles. The van der Waals surface area contributed by atoms with Crippen LogP contribution in [0.5, 0.6) is 11.5 Å². The first-order valence-corrected chi connectivity index (χ1v) is 7.89. The van der Waals surface area contributed by atoms with Crippen molar-refractivity contribution in [2.24, 2.45) is 0 Å². The van der Waals surface area contributed by atoms with E-state index >= 15 is 0 Å². The Balaban J connectivity index is 1.92. The highest BCUT2D eigenvalue weighted by Gasteiger charge is 2.30. The van der Waals surface area contributed by atoms with Gasteiger partial charge < -0.3 is 9.47 Å². The van der Waals surface area contributed by atoms with Crippen molar-refractivity contribution in [3.63, 3.8) is 0 Å². The quantitative estimate of drug-likeness (QED) is 0.364. The Morgan fingerprint density at radius 1 is 1.25 bits per heavy atom. The van der Waals surface area contributed by atoms with Gasteiger partial charge in [-0.3, -0.25) is 9.59 Å². The fraction of sp³-hybridized carbons (Fsp3) is 0.158. The molecular weight excluding hydrogens is 328 g/mol. The van der Waals surface area contributed by atoms with Crippen molar-refractivity contribution in [1.29, 1.82) is 0 Å². The van der Waals surface area contributed by atoms with Gasteiger partial charge in [0.05, 0.1) is 5.56 Å². The average Bonchev–Trinajstić information content (AvgIpc) is 2.84. The predicted octanol–water partition coefficient (Wildman–Crippen LogP) is 4.14. The summed E-state index contributed by atoms with van der Waals surface area (Å²) in [4.78, 5) is 24.2. The Labute approximate surface area is 144 Å². The fourth-order valence-corrected chi connectivity index (χ4v) is 2.48. The summed E-state index contributed by atoms with van der Waals surface area (Å²) in [6.45, 7) is 3.30. The van der Waals surface area contributed by atoms with Gasteiger partial charge in [-0.15, -0.1) is 11.6 Å². The van der Waals surface area contributed by atoms with Crippen LogP contribution in [-0.4, -0.2) is 17.1 Å². The van der Waals surface area contributed by atoms with E-state index in [2.05, 4.69) is 0 Å². The predicted molar refractivity (Wildman–Crippen MR) is 91.5 cm³/mol. The Morgan fingerprint density at radius 3 is 2.62 bits per heavy atom. The number of aryl methyl sites for hydroxylation is 1. The number of fused-ring (bicyclic) bond motifs is 1. The number of carbonyl (C=O) groups is 2. The molecule has 122 valence electrons. The van der Waals surface area contributed by atoms with E-state index < -0.39 is 11.3 Å². The van der Waals surface area contributed by atoms with Gasteiger partial charge in [0.2, 0.25) is 5.78 Å². The number of Topliss-reactive ketones (excluding diaryl/α,β-unsaturated/α-hetero) is 1. The number of halogens is 1. The van der Waals surface area contributed by atoms with E-state index in [0.29, 0.717) is 22.6 Å². The van der Waals surface area contributed by atoms with Gasteiger partial charge in [-0.05, 0) is 37.1 Å². The molecule has 24 heavy (non-hydrogen) atoms. The lowest BCUT2D eigenvalue weighted by Crippen LogP contribution is -2.17. The van der Waals surface area contributed by atoms with E-state index in [1.165, 1.54) is 13.0 Å².